The van der Waals surface area contributed by atoms with E-state index in [1.54, 1.807) is 11.3 Å². The number of likely N-dealkylation sites (tertiary alicyclic amines) is 1. The van der Waals surface area contributed by atoms with Crippen molar-refractivity contribution < 1.29 is 9.59 Å². The molecule has 1 saturated carbocycles. The number of carbonyl (C=O) groups is 2. The zero-order valence-corrected chi connectivity index (χ0v) is 17.0. The van der Waals surface area contributed by atoms with Crippen LogP contribution in [0.25, 0.3) is 10.6 Å². The van der Waals surface area contributed by atoms with Crippen molar-refractivity contribution in [2.24, 2.45) is 5.92 Å². The molecule has 1 aliphatic carbocycles. The van der Waals surface area contributed by atoms with Gasteiger partial charge in [-0.15, -0.1) is 11.3 Å². The number of hydrogen-bond donors (Lipinski definition) is 2. The van der Waals surface area contributed by atoms with Gasteiger partial charge in [0.25, 0.3) is 5.91 Å². The summed E-state index contributed by atoms with van der Waals surface area (Å²) in [5.41, 5.74) is 1.34. The molecule has 6 nitrogen and oxygen atoms in total. The molecule has 2 aromatic heterocycles. The van der Waals surface area contributed by atoms with E-state index in [0.29, 0.717) is 25.2 Å². The molecule has 2 fully saturated rings. The second kappa shape index (κ2) is 8.90. The third kappa shape index (κ3) is 4.63. The lowest BCUT2D eigenvalue weighted by molar-refractivity contribution is -0.122. The first-order chi connectivity index (χ1) is 13.7. The van der Waals surface area contributed by atoms with E-state index in [4.69, 9.17) is 0 Å². The molecule has 2 N–H and O–H groups in total. The molecular formula is C21H28N4O2S. The Morgan fingerprint density at radius 1 is 1.21 bits per heavy atom. The van der Waals surface area contributed by atoms with Gasteiger partial charge in [0.2, 0.25) is 5.91 Å². The molecule has 28 heavy (non-hydrogen) atoms. The van der Waals surface area contributed by atoms with Crippen molar-refractivity contribution in [2.45, 2.75) is 57.4 Å². The number of piperidine rings is 1. The van der Waals surface area contributed by atoms with Gasteiger partial charge in [0.05, 0.1) is 10.6 Å². The maximum absolute atomic E-state index is 12.7. The van der Waals surface area contributed by atoms with Crippen LogP contribution in [0.3, 0.4) is 0 Å². The molecule has 0 spiro atoms. The molecular weight excluding hydrogens is 372 g/mol. The van der Waals surface area contributed by atoms with Crippen molar-refractivity contribution in [2.75, 3.05) is 13.1 Å². The Morgan fingerprint density at radius 2 is 2.00 bits per heavy atom. The van der Waals surface area contributed by atoms with Crippen molar-refractivity contribution in [3.8, 4) is 10.6 Å². The van der Waals surface area contributed by atoms with Crippen LogP contribution < -0.4 is 5.32 Å². The van der Waals surface area contributed by atoms with Crippen molar-refractivity contribution in [1.29, 1.82) is 0 Å². The van der Waals surface area contributed by atoms with Crippen LogP contribution >= 0.6 is 11.3 Å². The monoisotopic (exact) mass is 400 g/mol. The average molecular weight is 401 g/mol. The number of nitrogens with one attached hydrogen (secondary N) is 2. The summed E-state index contributed by atoms with van der Waals surface area (Å²) in [6, 6.07) is 5.99. The second-order valence-electron chi connectivity index (χ2n) is 7.97. The Labute approximate surface area is 169 Å². The molecule has 2 aromatic rings. The molecule has 1 saturated heterocycles. The maximum Gasteiger partial charge on any atom is 0.274 e. The first-order valence-corrected chi connectivity index (χ1v) is 11.2. The minimum Gasteiger partial charge on any atom is -0.353 e. The normalized spacial score (nSPS) is 18.5. The van der Waals surface area contributed by atoms with E-state index >= 15 is 0 Å². The van der Waals surface area contributed by atoms with Gasteiger partial charge in [0.15, 0.2) is 5.69 Å². The maximum atomic E-state index is 12.7. The van der Waals surface area contributed by atoms with Crippen molar-refractivity contribution in [3.05, 3.63) is 29.3 Å². The molecule has 7 heteroatoms. The van der Waals surface area contributed by atoms with E-state index in [-0.39, 0.29) is 17.9 Å². The number of carbonyl (C=O) groups excluding carboxylic acids is 2. The minimum atomic E-state index is -0.0370. The Bertz CT molecular complexity index is 787. The minimum absolute atomic E-state index is 0.0370. The summed E-state index contributed by atoms with van der Waals surface area (Å²) in [7, 11) is 0. The SMILES string of the molecule is O=C(CCC1CCCC1)NC1CCN(C(=O)c2cc(-c3cccs3)[nH]n2)CC1. The van der Waals surface area contributed by atoms with Crippen LogP contribution in [-0.4, -0.2) is 46.0 Å². The highest BCUT2D eigenvalue weighted by Gasteiger charge is 2.26. The van der Waals surface area contributed by atoms with Crippen LogP contribution in [0.2, 0.25) is 0 Å². The number of aromatic amines is 1. The van der Waals surface area contributed by atoms with Gasteiger partial charge in [-0.2, -0.15) is 5.10 Å². The lowest BCUT2D eigenvalue weighted by atomic mass is 10.0. The zero-order valence-electron chi connectivity index (χ0n) is 16.2. The quantitative estimate of drug-likeness (QED) is 0.773. The fourth-order valence-corrected chi connectivity index (χ4v) is 5.00. The van der Waals surface area contributed by atoms with Gasteiger partial charge in [-0.25, -0.2) is 0 Å². The van der Waals surface area contributed by atoms with Crippen LogP contribution in [0.4, 0.5) is 0 Å². The number of rotatable bonds is 6. The van der Waals surface area contributed by atoms with Crippen LogP contribution in [0.1, 0.15) is 61.9 Å². The summed E-state index contributed by atoms with van der Waals surface area (Å²) in [6.07, 6.45) is 8.50. The van der Waals surface area contributed by atoms with E-state index in [0.717, 1.165) is 35.8 Å². The van der Waals surface area contributed by atoms with Crippen LogP contribution in [-0.2, 0) is 4.79 Å². The molecule has 0 bridgehead atoms. The molecule has 0 radical (unpaired) electrons. The van der Waals surface area contributed by atoms with Gasteiger partial charge < -0.3 is 10.2 Å². The van der Waals surface area contributed by atoms with Gasteiger partial charge in [-0.1, -0.05) is 31.7 Å². The smallest absolute Gasteiger partial charge is 0.274 e. The van der Waals surface area contributed by atoms with Gasteiger partial charge >= 0.3 is 0 Å². The van der Waals surface area contributed by atoms with Crippen LogP contribution in [0.15, 0.2) is 23.6 Å². The Kier molecular flexibility index (Phi) is 6.10. The van der Waals surface area contributed by atoms with Crippen LogP contribution in [0.5, 0.6) is 0 Å². The van der Waals surface area contributed by atoms with E-state index in [9.17, 15) is 9.59 Å². The lowest BCUT2D eigenvalue weighted by Crippen LogP contribution is -2.46. The molecule has 3 heterocycles. The Hall–Kier alpha value is -2.15. The van der Waals surface area contributed by atoms with Gasteiger partial charge in [-0.3, -0.25) is 14.7 Å². The summed E-state index contributed by atoms with van der Waals surface area (Å²) < 4.78 is 0. The predicted molar refractivity (Wildman–Crippen MR) is 110 cm³/mol. The molecule has 0 unspecified atom stereocenters. The number of nitrogens with zero attached hydrogens (tertiary/aromatic N) is 2. The summed E-state index contributed by atoms with van der Waals surface area (Å²) >= 11 is 1.62. The number of amides is 2. The standard InChI is InChI=1S/C21H28N4O2S/c26-20(8-7-15-4-1-2-5-15)22-16-9-11-25(12-10-16)21(27)18-14-17(23-24-18)19-6-3-13-28-19/h3,6,13-16H,1-2,4-5,7-12H2,(H,22,26)(H,23,24). The van der Waals surface area contributed by atoms with E-state index in [1.807, 2.05) is 28.5 Å². The molecule has 2 amide bonds. The number of thiophene rings is 1. The van der Waals surface area contributed by atoms with Gasteiger partial charge in [-0.05, 0) is 42.7 Å². The molecule has 0 aromatic carbocycles. The number of H-pyrrole nitrogens is 1. The topological polar surface area (TPSA) is 78.1 Å². The molecule has 0 atom stereocenters. The molecule has 1 aliphatic heterocycles. The first kappa shape index (κ1) is 19.2. The Morgan fingerprint density at radius 3 is 2.71 bits per heavy atom. The van der Waals surface area contributed by atoms with Gasteiger partial charge in [0, 0.05) is 25.6 Å². The first-order valence-electron chi connectivity index (χ1n) is 10.4. The van der Waals surface area contributed by atoms with Gasteiger partial charge in [0.1, 0.15) is 0 Å². The summed E-state index contributed by atoms with van der Waals surface area (Å²) in [5.74, 6) is 0.882. The highest BCUT2D eigenvalue weighted by molar-refractivity contribution is 7.13. The second-order valence-corrected chi connectivity index (χ2v) is 8.92. The predicted octanol–water partition coefficient (Wildman–Crippen LogP) is 3.83. The highest BCUT2D eigenvalue weighted by Crippen LogP contribution is 2.28. The molecule has 4 rings (SSSR count). The lowest BCUT2D eigenvalue weighted by Gasteiger charge is -2.32. The fraction of sp³-hybridized carbons (Fsp3) is 0.571. The summed E-state index contributed by atoms with van der Waals surface area (Å²) in [4.78, 5) is 27.9. The average Bonchev–Trinajstić information content (AvgIpc) is 3.48. The van der Waals surface area contributed by atoms with Crippen molar-refractivity contribution >= 4 is 23.2 Å². The molecule has 150 valence electrons. The van der Waals surface area contributed by atoms with Crippen molar-refractivity contribution in [1.82, 2.24) is 20.4 Å². The third-order valence-electron chi connectivity index (χ3n) is 5.99. The fourth-order valence-electron chi connectivity index (χ4n) is 4.31. The third-order valence-corrected chi connectivity index (χ3v) is 6.89. The van der Waals surface area contributed by atoms with Crippen LogP contribution in [0, 0.1) is 5.92 Å². The highest BCUT2D eigenvalue weighted by atomic mass is 32.1. The Balaban J connectivity index is 1.22. The van der Waals surface area contributed by atoms with E-state index in [2.05, 4.69) is 15.5 Å². The van der Waals surface area contributed by atoms with E-state index < -0.39 is 0 Å². The zero-order chi connectivity index (χ0) is 19.3. The number of hydrogen-bond acceptors (Lipinski definition) is 4. The molecule has 2 aliphatic rings. The summed E-state index contributed by atoms with van der Waals surface area (Å²) in [5, 5.41) is 12.3. The largest absolute Gasteiger partial charge is 0.353 e. The van der Waals surface area contributed by atoms with Crippen molar-refractivity contribution in [3.63, 3.8) is 0 Å². The van der Waals surface area contributed by atoms with E-state index in [1.165, 1.54) is 25.7 Å². The number of aromatic nitrogens is 2. The summed E-state index contributed by atoms with van der Waals surface area (Å²) in [6.45, 7) is 1.32.